The van der Waals surface area contributed by atoms with Crippen LogP contribution < -0.4 is 9.84 Å². The molecule has 1 aromatic heterocycles. The van der Waals surface area contributed by atoms with E-state index in [9.17, 15) is 15.1 Å². The van der Waals surface area contributed by atoms with Gasteiger partial charge in [-0.15, -0.1) is 0 Å². The van der Waals surface area contributed by atoms with Crippen LogP contribution in [0.15, 0.2) is 6.33 Å². The summed E-state index contributed by atoms with van der Waals surface area (Å²) in [5, 5.41) is 22.4. The molecule has 0 N–H and O–H groups in total. The molecule has 0 saturated carbocycles. The average molecular weight is 225 g/mol. The summed E-state index contributed by atoms with van der Waals surface area (Å²) in [7, 11) is 0. The predicted molar refractivity (Wildman–Crippen MR) is 56.4 cm³/mol. The molecule has 5 heteroatoms. The van der Waals surface area contributed by atoms with Crippen LogP contribution in [0.25, 0.3) is 0 Å². The Morgan fingerprint density at radius 1 is 1.50 bits per heavy atom. The Balaban J connectivity index is 3.11. The third kappa shape index (κ3) is 2.35. The van der Waals surface area contributed by atoms with Gasteiger partial charge >= 0.3 is 0 Å². The maximum Gasteiger partial charge on any atom is 0.247 e. The molecule has 0 unspecified atom stereocenters. The zero-order valence-electron chi connectivity index (χ0n) is 10.1. The van der Waals surface area contributed by atoms with Crippen LogP contribution in [0.4, 0.5) is 0 Å². The molecule has 1 rings (SSSR count). The number of hydrogen-bond acceptors (Lipinski definition) is 3. The molecule has 0 aliphatic carbocycles. The molecule has 0 radical (unpaired) electrons. The number of carboxylic acids is 1. The minimum absolute atomic E-state index is 0.227. The molecule has 0 aliphatic rings. The van der Waals surface area contributed by atoms with E-state index < -0.39 is 12.0 Å². The number of carboxylic acid groups (broad SMARTS) is 1. The van der Waals surface area contributed by atoms with Crippen LogP contribution in [-0.2, 0) is 4.79 Å². The second-order valence-corrected chi connectivity index (χ2v) is 4.48. The van der Waals surface area contributed by atoms with Crippen LogP contribution in [0.5, 0.6) is 0 Å². The molecule has 90 valence electrons. The Hall–Kier alpha value is -1.52. The third-order valence-electron chi connectivity index (χ3n) is 2.77. The molecule has 1 atom stereocenters. The van der Waals surface area contributed by atoms with Gasteiger partial charge in [-0.1, -0.05) is 13.8 Å². The van der Waals surface area contributed by atoms with Gasteiger partial charge in [0.25, 0.3) is 0 Å². The summed E-state index contributed by atoms with van der Waals surface area (Å²) < 4.78 is 2.17. The first kappa shape index (κ1) is 12.5. The molecule has 0 amide bonds. The second kappa shape index (κ2) is 4.55. The molecule has 0 saturated heterocycles. The zero-order valence-corrected chi connectivity index (χ0v) is 10.1. The van der Waals surface area contributed by atoms with E-state index in [-0.39, 0.29) is 5.92 Å². The summed E-state index contributed by atoms with van der Waals surface area (Å²) >= 11 is 0. The van der Waals surface area contributed by atoms with Crippen LogP contribution in [0.1, 0.15) is 37.7 Å². The third-order valence-corrected chi connectivity index (χ3v) is 2.77. The van der Waals surface area contributed by atoms with Crippen molar-refractivity contribution in [3.8, 4) is 0 Å². The van der Waals surface area contributed by atoms with E-state index in [2.05, 4.69) is 0 Å². The molecule has 0 aromatic carbocycles. The fraction of sp³-hybridized carbons (Fsp3) is 0.636. The monoisotopic (exact) mass is 225 g/mol. The van der Waals surface area contributed by atoms with E-state index in [0.717, 1.165) is 0 Å². The SMILES string of the molecule is Cc1c(C)[n+]([O-])cn1[C@@H](CC(C)C)C(=O)[O-]. The van der Waals surface area contributed by atoms with Crippen molar-refractivity contribution in [2.45, 2.75) is 40.2 Å². The van der Waals surface area contributed by atoms with Crippen molar-refractivity contribution in [1.29, 1.82) is 0 Å². The predicted octanol–water partition coefficient (Wildman–Crippen LogP) is 0.0754. The normalized spacial score (nSPS) is 13.1. The summed E-state index contributed by atoms with van der Waals surface area (Å²) in [5.74, 6) is -0.919. The van der Waals surface area contributed by atoms with E-state index in [0.29, 0.717) is 22.5 Å². The van der Waals surface area contributed by atoms with Gasteiger partial charge in [0.1, 0.15) is 17.4 Å². The maximum atomic E-state index is 11.4. The van der Waals surface area contributed by atoms with E-state index >= 15 is 0 Å². The second-order valence-electron chi connectivity index (χ2n) is 4.48. The standard InChI is InChI=1S/C11H18N2O3/c1-7(2)5-10(11(14)15)12-6-13(16)9(4)8(12)3/h6-7,10H,5H2,1-4H3,(H,14,15)/p-1/t10-/m0/s1. The van der Waals surface area contributed by atoms with Gasteiger partial charge < -0.3 is 15.1 Å². The molecule has 0 fully saturated rings. The summed E-state index contributed by atoms with van der Waals surface area (Å²) in [6.07, 6.45) is 1.73. The fourth-order valence-corrected chi connectivity index (χ4v) is 1.72. The highest BCUT2D eigenvalue weighted by atomic mass is 16.5. The van der Waals surface area contributed by atoms with Crippen LogP contribution in [0.2, 0.25) is 0 Å². The molecule has 1 heterocycles. The van der Waals surface area contributed by atoms with Crippen molar-refractivity contribution in [1.82, 2.24) is 4.57 Å². The quantitative estimate of drug-likeness (QED) is 0.538. The highest BCUT2D eigenvalue weighted by Gasteiger charge is 2.23. The van der Waals surface area contributed by atoms with E-state index in [1.54, 1.807) is 13.8 Å². The molecule has 16 heavy (non-hydrogen) atoms. The first-order valence-corrected chi connectivity index (χ1v) is 5.32. The average Bonchev–Trinajstić information content (AvgIpc) is 2.42. The number of carbonyl (C=O) groups is 1. The number of aromatic nitrogens is 2. The highest BCUT2D eigenvalue weighted by Crippen LogP contribution is 2.19. The number of rotatable bonds is 4. The van der Waals surface area contributed by atoms with Crippen molar-refractivity contribution in [2.75, 3.05) is 0 Å². The summed E-state index contributed by atoms with van der Waals surface area (Å²) in [6, 6.07) is -0.770. The Morgan fingerprint density at radius 2 is 2.06 bits per heavy atom. The summed E-state index contributed by atoms with van der Waals surface area (Å²) in [5.41, 5.74) is 1.19. The van der Waals surface area contributed by atoms with Gasteiger partial charge in [0, 0.05) is 13.8 Å². The van der Waals surface area contributed by atoms with E-state index in [1.807, 2.05) is 13.8 Å². The van der Waals surface area contributed by atoms with Gasteiger partial charge in [0.15, 0.2) is 0 Å². The van der Waals surface area contributed by atoms with E-state index in [4.69, 9.17) is 0 Å². The highest BCUT2D eigenvalue weighted by molar-refractivity contribution is 5.69. The van der Waals surface area contributed by atoms with Crippen LogP contribution >= 0.6 is 0 Å². The number of aliphatic carboxylic acids is 1. The number of hydrogen-bond donors (Lipinski definition) is 0. The van der Waals surface area contributed by atoms with Gasteiger partial charge in [0.05, 0.1) is 5.97 Å². The Morgan fingerprint density at radius 3 is 2.38 bits per heavy atom. The van der Waals surface area contributed by atoms with Gasteiger partial charge in [-0.3, -0.25) is 0 Å². The maximum absolute atomic E-state index is 11.4. The fourth-order valence-electron chi connectivity index (χ4n) is 1.72. The lowest BCUT2D eigenvalue weighted by Gasteiger charge is -2.17. The lowest BCUT2D eigenvalue weighted by Crippen LogP contribution is -2.35. The largest absolute Gasteiger partial charge is 0.711 e. The van der Waals surface area contributed by atoms with Crippen molar-refractivity contribution in [3.05, 3.63) is 22.9 Å². The van der Waals surface area contributed by atoms with Crippen molar-refractivity contribution < 1.29 is 14.6 Å². The molecule has 0 spiro atoms. The van der Waals surface area contributed by atoms with Crippen LogP contribution in [0.3, 0.4) is 0 Å². The molecular weight excluding hydrogens is 208 g/mol. The Labute approximate surface area is 94.9 Å². The van der Waals surface area contributed by atoms with Gasteiger partial charge in [-0.2, -0.15) is 0 Å². The van der Waals surface area contributed by atoms with Crippen LogP contribution in [0, 0.1) is 25.0 Å². The molecule has 0 aliphatic heterocycles. The number of nitrogens with zero attached hydrogens (tertiary/aromatic N) is 2. The molecule has 1 aromatic rings. The van der Waals surface area contributed by atoms with Gasteiger partial charge in [-0.05, 0) is 12.3 Å². The first-order valence-electron chi connectivity index (χ1n) is 5.32. The van der Waals surface area contributed by atoms with Crippen molar-refractivity contribution in [3.63, 3.8) is 0 Å². The smallest absolute Gasteiger partial charge is 0.247 e. The molecular formula is C11H17N2O3-. The van der Waals surface area contributed by atoms with Crippen molar-refractivity contribution >= 4 is 5.97 Å². The number of imidazole rings is 1. The summed E-state index contributed by atoms with van der Waals surface area (Å²) in [4.78, 5) is 11.1. The topological polar surface area (TPSA) is 72.0 Å². The Bertz CT molecular complexity index is 396. The first-order chi connectivity index (χ1) is 7.34. The van der Waals surface area contributed by atoms with Gasteiger partial charge in [-0.25, -0.2) is 9.30 Å². The minimum Gasteiger partial charge on any atom is -0.711 e. The molecule has 0 bridgehead atoms. The van der Waals surface area contributed by atoms with Crippen molar-refractivity contribution in [2.24, 2.45) is 5.92 Å². The lowest BCUT2D eigenvalue weighted by atomic mass is 10.0. The van der Waals surface area contributed by atoms with Crippen LogP contribution in [-0.4, -0.2) is 10.5 Å². The number of carbonyl (C=O) groups excluding carboxylic acids is 1. The summed E-state index contributed by atoms with van der Waals surface area (Å²) in [6.45, 7) is 7.28. The molecule has 5 nitrogen and oxygen atoms in total. The zero-order chi connectivity index (χ0) is 12.5. The Kier molecular flexibility index (Phi) is 3.57. The minimum atomic E-state index is -1.15. The van der Waals surface area contributed by atoms with E-state index in [1.165, 1.54) is 10.9 Å². The lowest BCUT2D eigenvalue weighted by molar-refractivity contribution is -0.611. The van der Waals surface area contributed by atoms with Gasteiger partial charge in [0.2, 0.25) is 6.33 Å².